The van der Waals surface area contributed by atoms with E-state index in [1.807, 2.05) is 37.3 Å². The van der Waals surface area contributed by atoms with Crippen LogP contribution in [0.5, 0.6) is 0 Å². The van der Waals surface area contributed by atoms with E-state index in [0.717, 1.165) is 23.2 Å². The number of carbonyl (C=O) groups is 2. The molecule has 0 unspecified atom stereocenters. The predicted molar refractivity (Wildman–Crippen MR) is 133 cm³/mol. The average Bonchev–Trinajstić information content (AvgIpc) is 2.92. The van der Waals surface area contributed by atoms with Crippen LogP contribution in [-0.2, 0) is 22.6 Å². The normalized spacial score (nSPS) is 22.5. The summed E-state index contributed by atoms with van der Waals surface area (Å²) in [7, 11) is 0. The van der Waals surface area contributed by atoms with Gasteiger partial charge in [0.1, 0.15) is 5.54 Å². The summed E-state index contributed by atoms with van der Waals surface area (Å²) >= 11 is 0. The Morgan fingerprint density at radius 3 is 2.48 bits per heavy atom. The van der Waals surface area contributed by atoms with E-state index in [2.05, 4.69) is 18.2 Å². The van der Waals surface area contributed by atoms with Gasteiger partial charge < -0.3 is 16.4 Å². The highest BCUT2D eigenvalue weighted by molar-refractivity contribution is 6.04. The van der Waals surface area contributed by atoms with Crippen LogP contribution in [0.1, 0.15) is 68.1 Å². The van der Waals surface area contributed by atoms with Gasteiger partial charge in [-0.1, -0.05) is 80.1 Å². The maximum absolute atomic E-state index is 14.1. The van der Waals surface area contributed by atoms with E-state index in [0.29, 0.717) is 31.7 Å². The first kappa shape index (κ1) is 23.5. The van der Waals surface area contributed by atoms with Crippen molar-refractivity contribution >= 4 is 17.5 Å². The summed E-state index contributed by atoms with van der Waals surface area (Å²) in [4.78, 5) is 28.6. The number of aryl methyl sites for hydroxylation is 2. The van der Waals surface area contributed by atoms with Crippen molar-refractivity contribution in [1.82, 2.24) is 0 Å². The maximum Gasteiger partial charge on any atom is 0.248 e. The number of nitrogens with two attached hydrogens (primary N) is 2. The van der Waals surface area contributed by atoms with E-state index in [1.54, 1.807) is 4.90 Å². The Labute approximate surface area is 197 Å². The molecule has 0 aromatic heterocycles. The highest BCUT2D eigenvalue weighted by Crippen LogP contribution is 2.38. The molecule has 2 aromatic rings. The van der Waals surface area contributed by atoms with Gasteiger partial charge in [0.25, 0.3) is 0 Å². The molecule has 1 fully saturated rings. The molecule has 5 nitrogen and oxygen atoms in total. The lowest BCUT2D eigenvalue weighted by Crippen LogP contribution is -2.62. The number of primary amides is 1. The quantitative estimate of drug-likeness (QED) is 0.648. The molecule has 5 heteroatoms. The lowest BCUT2D eigenvalue weighted by Gasteiger charge is -2.37. The van der Waals surface area contributed by atoms with E-state index in [-0.39, 0.29) is 5.91 Å². The van der Waals surface area contributed by atoms with Gasteiger partial charge in [-0.3, -0.25) is 9.59 Å². The van der Waals surface area contributed by atoms with Crippen molar-refractivity contribution in [1.29, 1.82) is 0 Å². The Kier molecular flexibility index (Phi) is 7.18. The zero-order chi connectivity index (χ0) is 23.4. The van der Waals surface area contributed by atoms with Crippen molar-refractivity contribution in [2.24, 2.45) is 23.3 Å². The van der Waals surface area contributed by atoms with E-state index < -0.39 is 17.4 Å². The van der Waals surface area contributed by atoms with Gasteiger partial charge in [-0.25, -0.2) is 0 Å². The minimum absolute atomic E-state index is 0.194. The third-order valence-electron chi connectivity index (χ3n) is 7.75. The molecule has 0 spiro atoms. The number of nitrogens with zero attached hydrogens (tertiary/aromatic N) is 1. The number of hydrogen-bond acceptors (Lipinski definition) is 3. The van der Waals surface area contributed by atoms with E-state index in [4.69, 9.17) is 11.5 Å². The van der Waals surface area contributed by atoms with Crippen LogP contribution in [0.15, 0.2) is 48.5 Å². The summed E-state index contributed by atoms with van der Waals surface area (Å²) < 4.78 is 0. The summed E-state index contributed by atoms with van der Waals surface area (Å²) in [6.45, 7) is 2.47. The smallest absolute Gasteiger partial charge is 0.248 e. The average molecular weight is 448 g/mol. The summed E-state index contributed by atoms with van der Waals surface area (Å²) in [5, 5.41) is 0. The zero-order valence-corrected chi connectivity index (χ0v) is 19.8. The molecule has 1 aliphatic heterocycles. The SMILES string of the molecule is Cc1ccc(CN2C(=O)[C@@](N)([C@H](CCC3CCCCC3)C(N)=O)CCc3ccccc32)cc1. The number of amides is 2. The molecule has 0 saturated heterocycles. The molecular formula is C28H37N3O2. The van der Waals surface area contributed by atoms with Gasteiger partial charge in [0, 0.05) is 5.69 Å². The van der Waals surface area contributed by atoms with Crippen LogP contribution in [-0.4, -0.2) is 17.4 Å². The number of fused-ring (bicyclic) bond motifs is 1. The van der Waals surface area contributed by atoms with Gasteiger partial charge in [0.15, 0.2) is 0 Å². The van der Waals surface area contributed by atoms with Crippen LogP contribution in [0, 0.1) is 18.8 Å². The van der Waals surface area contributed by atoms with Crippen LogP contribution in [0.25, 0.3) is 0 Å². The fourth-order valence-electron chi connectivity index (χ4n) is 5.68. The first-order valence-corrected chi connectivity index (χ1v) is 12.4. The molecule has 4 N–H and O–H groups in total. The Hall–Kier alpha value is -2.66. The van der Waals surface area contributed by atoms with Crippen molar-refractivity contribution in [3.05, 3.63) is 65.2 Å². The largest absolute Gasteiger partial charge is 0.369 e. The summed E-state index contributed by atoms with van der Waals surface area (Å²) in [5.74, 6) is -0.712. The Bertz CT molecular complexity index is 981. The number of hydrogen-bond donors (Lipinski definition) is 2. The second-order valence-electron chi connectivity index (χ2n) is 10.1. The number of benzene rings is 2. The molecule has 2 amide bonds. The Morgan fingerprint density at radius 1 is 1.09 bits per heavy atom. The molecule has 2 aliphatic rings. The Morgan fingerprint density at radius 2 is 1.79 bits per heavy atom. The summed E-state index contributed by atoms with van der Waals surface area (Å²) in [5.41, 5.74) is 15.7. The third kappa shape index (κ3) is 5.14. The fourth-order valence-corrected chi connectivity index (χ4v) is 5.68. The van der Waals surface area contributed by atoms with Gasteiger partial charge in [-0.2, -0.15) is 0 Å². The first-order valence-electron chi connectivity index (χ1n) is 12.4. The molecule has 0 bridgehead atoms. The lowest BCUT2D eigenvalue weighted by atomic mass is 9.74. The maximum atomic E-state index is 14.1. The van der Waals surface area contributed by atoms with Crippen molar-refractivity contribution in [2.45, 2.75) is 76.8 Å². The Balaban J connectivity index is 1.64. The zero-order valence-electron chi connectivity index (χ0n) is 19.8. The molecule has 33 heavy (non-hydrogen) atoms. The highest BCUT2D eigenvalue weighted by Gasteiger charge is 2.48. The van der Waals surface area contributed by atoms with Crippen molar-refractivity contribution in [2.75, 3.05) is 4.90 Å². The van der Waals surface area contributed by atoms with Gasteiger partial charge in [0.2, 0.25) is 11.8 Å². The molecule has 176 valence electrons. The molecule has 2 aromatic carbocycles. The number of anilines is 1. The molecule has 0 radical (unpaired) electrons. The number of carbonyl (C=O) groups excluding carboxylic acids is 2. The topological polar surface area (TPSA) is 89.4 Å². The minimum Gasteiger partial charge on any atom is -0.369 e. The molecule has 4 rings (SSSR count). The van der Waals surface area contributed by atoms with Crippen molar-refractivity contribution in [3.8, 4) is 0 Å². The van der Waals surface area contributed by atoms with Crippen LogP contribution in [0.3, 0.4) is 0 Å². The highest BCUT2D eigenvalue weighted by atomic mass is 16.2. The van der Waals surface area contributed by atoms with Crippen molar-refractivity contribution in [3.63, 3.8) is 0 Å². The van der Waals surface area contributed by atoms with Gasteiger partial charge in [-0.05, 0) is 55.7 Å². The molecule has 2 atom stereocenters. The van der Waals surface area contributed by atoms with E-state index in [9.17, 15) is 9.59 Å². The lowest BCUT2D eigenvalue weighted by molar-refractivity contribution is -0.134. The molecule has 1 aliphatic carbocycles. The fraction of sp³-hybridized carbons (Fsp3) is 0.500. The van der Waals surface area contributed by atoms with Crippen LogP contribution >= 0.6 is 0 Å². The third-order valence-corrected chi connectivity index (χ3v) is 7.75. The molecule has 1 heterocycles. The first-order chi connectivity index (χ1) is 15.9. The monoisotopic (exact) mass is 447 g/mol. The van der Waals surface area contributed by atoms with Gasteiger partial charge in [0.05, 0.1) is 12.5 Å². The summed E-state index contributed by atoms with van der Waals surface area (Å²) in [6, 6.07) is 16.2. The second kappa shape index (κ2) is 10.1. The molecule has 1 saturated carbocycles. The number of rotatable bonds is 7. The molecular weight excluding hydrogens is 410 g/mol. The van der Waals surface area contributed by atoms with Crippen molar-refractivity contribution < 1.29 is 9.59 Å². The second-order valence-corrected chi connectivity index (χ2v) is 10.1. The predicted octanol–water partition coefficient (Wildman–Crippen LogP) is 4.63. The summed E-state index contributed by atoms with van der Waals surface area (Å²) in [6.07, 6.45) is 8.74. The van der Waals surface area contributed by atoms with Crippen LogP contribution in [0.2, 0.25) is 0 Å². The standard InChI is InChI=1S/C28H37N3O2/c1-20-11-13-22(14-12-20)19-31-25-10-6-5-9-23(25)17-18-28(30,27(31)33)24(26(29)32)16-15-21-7-3-2-4-8-21/h5-6,9-14,21,24H,2-4,7-8,15-19,30H2,1H3,(H2,29,32)/t24-,28+/m1/s1. The minimum atomic E-state index is -1.30. The van der Waals surface area contributed by atoms with Gasteiger partial charge >= 0.3 is 0 Å². The van der Waals surface area contributed by atoms with E-state index in [1.165, 1.54) is 37.7 Å². The van der Waals surface area contributed by atoms with Crippen LogP contribution in [0.4, 0.5) is 5.69 Å². The number of para-hydroxylation sites is 1. The van der Waals surface area contributed by atoms with E-state index >= 15 is 0 Å². The van der Waals surface area contributed by atoms with Gasteiger partial charge in [-0.15, -0.1) is 0 Å². The van der Waals surface area contributed by atoms with Crippen LogP contribution < -0.4 is 16.4 Å².